The van der Waals surface area contributed by atoms with Gasteiger partial charge in [-0.25, -0.2) is 0 Å². The number of benzene rings is 1. The highest BCUT2D eigenvalue weighted by atomic mass is 79.9. The van der Waals surface area contributed by atoms with E-state index in [1.54, 1.807) is 24.3 Å². The monoisotopic (exact) mass is 331 g/mol. The fourth-order valence-corrected chi connectivity index (χ4v) is 2.44. The number of amides is 1. The van der Waals surface area contributed by atoms with Gasteiger partial charge in [-0.15, -0.1) is 0 Å². The van der Waals surface area contributed by atoms with Crippen molar-refractivity contribution < 1.29 is 9.52 Å². The number of aromatic nitrogens is 1. The first-order valence-corrected chi connectivity index (χ1v) is 6.77. The van der Waals surface area contributed by atoms with E-state index in [4.69, 9.17) is 0 Å². The predicted molar refractivity (Wildman–Crippen MR) is 78.7 cm³/mol. The second-order valence-corrected chi connectivity index (χ2v) is 5.23. The predicted octanol–water partition coefficient (Wildman–Crippen LogP) is 1.87. The summed E-state index contributed by atoms with van der Waals surface area (Å²) in [6, 6.07) is 10.6. The molecule has 1 amide bonds. The van der Waals surface area contributed by atoms with Crippen molar-refractivity contribution in [2.75, 3.05) is 11.9 Å². The summed E-state index contributed by atoms with van der Waals surface area (Å²) in [6.45, 7) is -0.00345. The molecule has 2 aromatic rings. The van der Waals surface area contributed by atoms with Crippen LogP contribution in [0.2, 0.25) is 0 Å². The van der Waals surface area contributed by atoms with Gasteiger partial charge in [-0.2, -0.15) is 4.73 Å². The van der Waals surface area contributed by atoms with Gasteiger partial charge in [0, 0.05) is 22.2 Å². The average Bonchev–Trinajstić information content (AvgIpc) is 2.58. The van der Waals surface area contributed by atoms with Crippen LogP contribution in [-0.4, -0.2) is 18.2 Å². The van der Waals surface area contributed by atoms with Gasteiger partial charge in [0.1, 0.15) is 12.3 Å². The van der Waals surface area contributed by atoms with Crippen LogP contribution < -0.4 is 10.0 Å². The minimum absolute atomic E-state index is 0.00345. The van der Waals surface area contributed by atoms with Crippen LogP contribution in [0.15, 0.2) is 52.1 Å². The zero-order valence-corrected chi connectivity index (χ0v) is 11.9. The minimum atomic E-state index is -0.197. The molecule has 0 fully saturated rings. The number of halogens is 1. The molecule has 0 saturated heterocycles. The molecule has 1 aromatic heterocycles. The van der Waals surface area contributed by atoms with Crippen LogP contribution in [0, 0.1) is 5.21 Å². The number of nitrogens with one attached hydrogen (secondary N) is 1. The van der Waals surface area contributed by atoms with E-state index in [0.717, 1.165) is 14.8 Å². The number of pyridine rings is 1. The number of hydrogen-bond donors (Lipinski definition) is 1. The molecular formula is C14H10BrN3O2. The number of aliphatic imine (C=N–C) groups is 1. The number of carbonyl (C=O) groups is 1. The molecule has 1 aliphatic heterocycles. The largest absolute Gasteiger partial charge is 0.618 e. The second kappa shape index (κ2) is 5.05. The molecule has 0 saturated carbocycles. The summed E-state index contributed by atoms with van der Waals surface area (Å²) in [5.41, 5.74) is 2.30. The van der Waals surface area contributed by atoms with Crippen molar-refractivity contribution in [2.45, 2.75) is 0 Å². The Morgan fingerprint density at radius 1 is 1.30 bits per heavy atom. The van der Waals surface area contributed by atoms with Crippen LogP contribution in [0.4, 0.5) is 5.69 Å². The first kappa shape index (κ1) is 12.8. The average molecular weight is 332 g/mol. The minimum Gasteiger partial charge on any atom is -0.618 e. The van der Waals surface area contributed by atoms with Gasteiger partial charge in [0.05, 0.1) is 5.69 Å². The Morgan fingerprint density at radius 2 is 2.15 bits per heavy atom. The standard InChI is InChI=1S/C14H10BrN3O2/c15-9-4-5-11-10(7-9)14(16-8-13(19)17-11)12-3-1-2-6-18(12)20/h1-7H,8H2,(H,17,19). The third-order valence-corrected chi connectivity index (χ3v) is 3.45. The molecular weight excluding hydrogens is 322 g/mol. The SMILES string of the molecule is O=C1CN=C(c2cccc[n+]2[O-])c2cc(Br)ccc2N1. The van der Waals surface area contributed by atoms with Crippen LogP contribution in [0.3, 0.4) is 0 Å². The van der Waals surface area contributed by atoms with E-state index in [9.17, 15) is 10.0 Å². The molecule has 1 aromatic carbocycles. The van der Waals surface area contributed by atoms with E-state index in [0.29, 0.717) is 17.1 Å². The van der Waals surface area contributed by atoms with Crippen molar-refractivity contribution in [3.8, 4) is 0 Å². The number of benzodiazepines with no additional fused rings is 1. The number of hydrogen-bond acceptors (Lipinski definition) is 3. The maximum absolute atomic E-state index is 11.9. The molecule has 0 bridgehead atoms. The summed E-state index contributed by atoms with van der Waals surface area (Å²) in [4.78, 5) is 16.0. The molecule has 100 valence electrons. The molecule has 5 nitrogen and oxygen atoms in total. The Kier molecular flexibility index (Phi) is 3.23. The molecule has 20 heavy (non-hydrogen) atoms. The molecule has 1 N–H and O–H groups in total. The van der Waals surface area contributed by atoms with E-state index >= 15 is 0 Å². The fourth-order valence-electron chi connectivity index (χ4n) is 2.08. The van der Waals surface area contributed by atoms with Gasteiger partial charge in [0.2, 0.25) is 11.6 Å². The van der Waals surface area contributed by atoms with Gasteiger partial charge in [-0.1, -0.05) is 15.9 Å². The third-order valence-electron chi connectivity index (χ3n) is 2.96. The highest BCUT2D eigenvalue weighted by Crippen LogP contribution is 2.25. The summed E-state index contributed by atoms with van der Waals surface area (Å²) >= 11 is 3.40. The van der Waals surface area contributed by atoms with Crippen LogP contribution in [0.5, 0.6) is 0 Å². The van der Waals surface area contributed by atoms with Crippen molar-refractivity contribution in [3.63, 3.8) is 0 Å². The zero-order chi connectivity index (χ0) is 14.1. The molecule has 2 heterocycles. The summed E-state index contributed by atoms with van der Waals surface area (Å²) in [6.07, 6.45) is 1.41. The van der Waals surface area contributed by atoms with Crippen LogP contribution >= 0.6 is 15.9 Å². The quantitative estimate of drug-likeness (QED) is 0.640. The summed E-state index contributed by atoms with van der Waals surface area (Å²) in [5.74, 6) is -0.197. The molecule has 1 aliphatic rings. The number of carbonyl (C=O) groups excluding carboxylic acids is 1. The number of rotatable bonds is 1. The topological polar surface area (TPSA) is 68.4 Å². The summed E-state index contributed by atoms with van der Waals surface area (Å²) in [5, 5.41) is 14.7. The van der Waals surface area contributed by atoms with Gasteiger partial charge in [-0.05, 0) is 24.3 Å². The smallest absolute Gasteiger partial charge is 0.246 e. The Hall–Kier alpha value is -2.21. The van der Waals surface area contributed by atoms with Crippen LogP contribution in [-0.2, 0) is 4.79 Å². The molecule has 0 spiro atoms. The Balaban J connectivity index is 2.23. The Labute approximate surface area is 123 Å². The first-order chi connectivity index (χ1) is 9.65. The Bertz CT molecular complexity index is 728. The normalized spacial score (nSPS) is 14.1. The lowest BCUT2D eigenvalue weighted by Crippen LogP contribution is -2.34. The van der Waals surface area contributed by atoms with Crippen molar-refractivity contribution in [1.82, 2.24) is 0 Å². The van der Waals surface area contributed by atoms with Crippen molar-refractivity contribution in [1.29, 1.82) is 0 Å². The first-order valence-electron chi connectivity index (χ1n) is 5.98. The van der Waals surface area contributed by atoms with Crippen molar-refractivity contribution in [2.24, 2.45) is 4.99 Å². The molecule has 3 rings (SSSR count). The lowest BCUT2D eigenvalue weighted by atomic mass is 10.0. The van der Waals surface area contributed by atoms with E-state index in [1.807, 2.05) is 12.1 Å². The third kappa shape index (κ3) is 2.30. The zero-order valence-electron chi connectivity index (χ0n) is 10.3. The van der Waals surface area contributed by atoms with Crippen molar-refractivity contribution in [3.05, 3.63) is 63.5 Å². The lowest BCUT2D eigenvalue weighted by molar-refractivity contribution is -0.606. The molecule has 0 radical (unpaired) electrons. The van der Waals surface area contributed by atoms with Gasteiger partial charge in [0.25, 0.3) is 0 Å². The second-order valence-electron chi connectivity index (χ2n) is 4.31. The van der Waals surface area contributed by atoms with E-state index in [-0.39, 0.29) is 12.5 Å². The van der Waals surface area contributed by atoms with E-state index in [2.05, 4.69) is 26.2 Å². The summed E-state index contributed by atoms with van der Waals surface area (Å²) < 4.78 is 1.60. The highest BCUT2D eigenvalue weighted by molar-refractivity contribution is 9.10. The van der Waals surface area contributed by atoms with Crippen LogP contribution in [0.1, 0.15) is 11.3 Å². The summed E-state index contributed by atoms with van der Waals surface area (Å²) in [7, 11) is 0. The highest BCUT2D eigenvalue weighted by Gasteiger charge is 2.22. The van der Waals surface area contributed by atoms with Gasteiger partial charge < -0.3 is 10.5 Å². The molecule has 0 atom stereocenters. The maximum atomic E-state index is 11.9. The number of anilines is 1. The fraction of sp³-hybridized carbons (Fsp3) is 0.0714. The molecule has 0 aliphatic carbocycles. The molecule has 0 unspecified atom stereocenters. The Morgan fingerprint density at radius 3 is 2.95 bits per heavy atom. The van der Waals surface area contributed by atoms with Gasteiger partial charge in [0.15, 0.2) is 6.20 Å². The number of nitrogens with zero attached hydrogens (tertiary/aromatic N) is 2. The van der Waals surface area contributed by atoms with Crippen LogP contribution in [0.25, 0.3) is 0 Å². The van der Waals surface area contributed by atoms with Gasteiger partial charge >= 0.3 is 0 Å². The van der Waals surface area contributed by atoms with Gasteiger partial charge in [-0.3, -0.25) is 9.79 Å². The maximum Gasteiger partial charge on any atom is 0.246 e. The van der Waals surface area contributed by atoms with Crippen molar-refractivity contribution >= 4 is 33.2 Å². The van der Waals surface area contributed by atoms with E-state index in [1.165, 1.54) is 6.20 Å². The lowest BCUT2D eigenvalue weighted by Gasteiger charge is -2.10. The molecule has 6 heteroatoms. The van der Waals surface area contributed by atoms with E-state index < -0.39 is 0 Å². The number of fused-ring (bicyclic) bond motifs is 1.